The fraction of sp³-hybridized carbons (Fsp3) is 0.583. The lowest BCUT2D eigenvalue weighted by molar-refractivity contribution is -0.124. The van der Waals surface area contributed by atoms with E-state index in [-0.39, 0.29) is 23.1 Å². The van der Waals surface area contributed by atoms with Gasteiger partial charge in [-0.15, -0.1) is 0 Å². The molecule has 6 nitrogen and oxygen atoms in total. The summed E-state index contributed by atoms with van der Waals surface area (Å²) in [4.78, 5) is 30.9. The number of nitriles is 1. The van der Waals surface area contributed by atoms with Crippen LogP contribution in [0.3, 0.4) is 0 Å². The number of carbonyl (C=O) groups is 1. The Balaban J connectivity index is 1.79. The molecule has 3 fully saturated rings. The molecular weight excluding hydrogens is 440 g/mol. The van der Waals surface area contributed by atoms with Crippen LogP contribution in [0.2, 0.25) is 0 Å². The van der Waals surface area contributed by atoms with Crippen molar-refractivity contribution in [2.75, 3.05) is 18.0 Å². The molecule has 1 aliphatic carbocycles. The van der Waals surface area contributed by atoms with E-state index >= 15 is 0 Å². The number of aromatic nitrogens is 1. The predicted octanol–water partition coefficient (Wildman–Crippen LogP) is 4.34. The van der Waals surface area contributed by atoms with Crippen molar-refractivity contribution in [3.63, 3.8) is 0 Å². The first kappa shape index (κ1) is 23.1. The van der Waals surface area contributed by atoms with Crippen LogP contribution < -0.4 is 10.5 Å². The van der Waals surface area contributed by atoms with Gasteiger partial charge < -0.3 is 4.90 Å². The van der Waals surface area contributed by atoms with Crippen molar-refractivity contribution in [2.45, 2.75) is 64.8 Å². The topological polar surface area (TPSA) is 69.3 Å². The Morgan fingerprint density at radius 3 is 2.41 bits per heavy atom. The summed E-state index contributed by atoms with van der Waals surface area (Å²) < 4.78 is 2.19. The summed E-state index contributed by atoms with van der Waals surface area (Å²) in [6.07, 6.45) is 9.43. The average molecular weight is 471 g/mol. The largest absolute Gasteiger partial charge is 0.357 e. The smallest absolute Gasteiger partial charge is 0.270 e. The van der Waals surface area contributed by atoms with Crippen molar-refractivity contribution in [2.24, 2.45) is 13.0 Å². The van der Waals surface area contributed by atoms with E-state index in [9.17, 15) is 14.9 Å². The maximum atomic E-state index is 13.4. The minimum Gasteiger partial charge on any atom is -0.357 e. The Hall–Kier alpha value is -2.11. The first-order valence-corrected chi connectivity index (χ1v) is 12.7. The lowest BCUT2D eigenvalue weighted by Gasteiger charge is -2.34. The van der Waals surface area contributed by atoms with Gasteiger partial charge in [-0.3, -0.25) is 19.1 Å². The van der Waals surface area contributed by atoms with Crippen LogP contribution in [0.25, 0.3) is 6.08 Å². The molecule has 0 N–H and O–H groups in total. The van der Waals surface area contributed by atoms with Crippen molar-refractivity contribution >= 4 is 46.1 Å². The molecule has 1 saturated carbocycles. The van der Waals surface area contributed by atoms with Gasteiger partial charge in [-0.05, 0) is 50.2 Å². The van der Waals surface area contributed by atoms with Gasteiger partial charge in [0.2, 0.25) is 0 Å². The number of anilines is 1. The average Bonchev–Trinajstić information content (AvgIpc) is 3.07. The van der Waals surface area contributed by atoms with E-state index in [4.69, 9.17) is 12.2 Å². The standard InChI is InChI=1S/C24H30N4O2S2/c1-15-9-11-27(12-10-15)21-18(16(2)19(14-25)22(29)26(21)3)13-20-23(30)28(24(31)32-20)17-7-5-4-6-8-17/h13,15,17H,4-12H2,1-3H3/b20-13-. The molecule has 3 aliphatic rings. The van der Waals surface area contributed by atoms with Gasteiger partial charge in [0.25, 0.3) is 11.5 Å². The second kappa shape index (κ2) is 9.40. The molecule has 8 heteroatoms. The van der Waals surface area contributed by atoms with Crippen molar-refractivity contribution in [3.05, 3.63) is 31.9 Å². The van der Waals surface area contributed by atoms with Crippen LogP contribution in [0.5, 0.6) is 0 Å². The minimum absolute atomic E-state index is 0.0446. The summed E-state index contributed by atoms with van der Waals surface area (Å²) in [5.41, 5.74) is 1.26. The molecule has 0 atom stereocenters. The van der Waals surface area contributed by atoms with Gasteiger partial charge in [-0.2, -0.15) is 5.26 Å². The highest BCUT2D eigenvalue weighted by Gasteiger charge is 2.38. The molecule has 0 radical (unpaired) electrons. The zero-order valence-electron chi connectivity index (χ0n) is 19.0. The SMILES string of the molecule is Cc1c(/C=C2\SC(=S)N(C3CCCCC3)C2=O)c(N2CCC(C)CC2)n(C)c(=O)c1C#N. The summed E-state index contributed by atoms with van der Waals surface area (Å²) >= 11 is 6.94. The van der Waals surface area contributed by atoms with Crippen molar-refractivity contribution in [1.82, 2.24) is 9.47 Å². The van der Waals surface area contributed by atoms with E-state index < -0.39 is 0 Å². The maximum absolute atomic E-state index is 13.4. The minimum atomic E-state index is -0.287. The number of rotatable bonds is 3. The van der Waals surface area contributed by atoms with Gasteiger partial charge in [0.15, 0.2) is 0 Å². The second-order valence-corrected chi connectivity index (χ2v) is 10.9. The highest BCUT2D eigenvalue weighted by atomic mass is 32.2. The molecule has 170 valence electrons. The highest BCUT2D eigenvalue weighted by molar-refractivity contribution is 8.26. The molecule has 0 bridgehead atoms. The van der Waals surface area contributed by atoms with Gasteiger partial charge in [0, 0.05) is 31.7 Å². The Kier molecular flexibility index (Phi) is 6.78. The van der Waals surface area contributed by atoms with E-state index in [1.165, 1.54) is 18.2 Å². The summed E-state index contributed by atoms with van der Waals surface area (Å²) in [5.74, 6) is 1.40. The molecule has 1 amide bonds. The number of thioether (sulfide) groups is 1. The Morgan fingerprint density at radius 2 is 1.78 bits per heavy atom. The molecule has 32 heavy (non-hydrogen) atoms. The Labute approximate surface area is 199 Å². The number of hydrogen-bond donors (Lipinski definition) is 0. The van der Waals surface area contributed by atoms with Crippen molar-refractivity contribution in [3.8, 4) is 6.07 Å². The van der Waals surface area contributed by atoms with Crippen molar-refractivity contribution in [1.29, 1.82) is 5.26 Å². The second-order valence-electron chi connectivity index (χ2n) is 9.23. The quantitative estimate of drug-likeness (QED) is 0.484. The fourth-order valence-electron chi connectivity index (χ4n) is 5.08. The molecule has 2 saturated heterocycles. The van der Waals surface area contributed by atoms with Gasteiger partial charge in [0.1, 0.15) is 21.8 Å². The zero-order chi connectivity index (χ0) is 23.0. The Bertz CT molecular complexity index is 1070. The van der Waals surface area contributed by atoms with Gasteiger partial charge in [0.05, 0.1) is 4.91 Å². The molecule has 0 unspecified atom stereocenters. The molecule has 1 aromatic rings. The lowest BCUT2D eigenvalue weighted by atomic mass is 9.94. The number of piperidine rings is 1. The summed E-state index contributed by atoms with van der Waals surface area (Å²) in [7, 11) is 1.72. The summed E-state index contributed by atoms with van der Waals surface area (Å²) in [6.45, 7) is 5.76. The number of carbonyl (C=O) groups excluding carboxylic acids is 1. The summed E-state index contributed by atoms with van der Waals surface area (Å²) in [5, 5.41) is 9.65. The monoisotopic (exact) mass is 470 g/mol. The van der Waals surface area contributed by atoms with E-state index in [0.29, 0.717) is 20.7 Å². The molecule has 1 aromatic heterocycles. The first-order valence-electron chi connectivity index (χ1n) is 11.5. The van der Waals surface area contributed by atoms with Crippen LogP contribution in [0.15, 0.2) is 9.70 Å². The van der Waals surface area contributed by atoms with Gasteiger partial charge >= 0.3 is 0 Å². The fourth-order valence-corrected chi connectivity index (χ4v) is 6.46. The number of nitrogens with zero attached hydrogens (tertiary/aromatic N) is 4. The summed E-state index contributed by atoms with van der Waals surface area (Å²) in [6, 6.07) is 2.26. The van der Waals surface area contributed by atoms with Crippen LogP contribution >= 0.6 is 24.0 Å². The molecule has 0 aromatic carbocycles. The predicted molar refractivity (Wildman–Crippen MR) is 134 cm³/mol. The van der Waals surface area contributed by atoms with Gasteiger partial charge in [-0.25, -0.2) is 0 Å². The molecule has 0 spiro atoms. The number of hydrogen-bond acceptors (Lipinski definition) is 6. The molecule has 2 aliphatic heterocycles. The number of pyridine rings is 1. The van der Waals surface area contributed by atoms with E-state index in [2.05, 4.69) is 17.9 Å². The Morgan fingerprint density at radius 1 is 1.12 bits per heavy atom. The third-order valence-corrected chi connectivity index (χ3v) is 8.42. The molecule has 4 rings (SSSR count). The number of amides is 1. The molecule has 3 heterocycles. The number of thiocarbonyl (C=S) groups is 1. The molecular formula is C24H30N4O2S2. The van der Waals surface area contributed by atoms with Crippen LogP contribution in [0.1, 0.15) is 68.6 Å². The van der Waals surface area contributed by atoms with Crippen LogP contribution in [-0.2, 0) is 11.8 Å². The normalized spacial score (nSPS) is 22.1. The van der Waals surface area contributed by atoms with E-state index in [1.807, 2.05) is 13.0 Å². The highest BCUT2D eigenvalue weighted by Crippen LogP contribution is 2.39. The zero-order valence-corrected chi connectivity index (χ0v) is 20.7. The third kappa shape index (κ3) is 4.13. The lowest BCUT2D eigenvalue weighted by Crippen LogP contribution is -2.39. The van der Waals surface area contributed by atoms with Crippen LogP contribution in [-0.4, -0.2) is 38.8 Å². The third-order valence-electron chi connectivity index (χ3n) is 7.09. The first-order chi connectivity index (χ1) is 15.3. The van der Waals surface area contributed by atoms with Crippen LogP contribution in [0, 0.1) is 24.2 Å². The van der Waals surface area contributed by atoms with Crippen molar-refractivity contribution < 1.29 is 4.79 Å². The maximum Gasteiger partial charge on any atom is 0.270 e. The van der Waals surface area contributed by atoms with E-state index in [1.54, 1.807) is 16.5 Å². The van der Waals surface area contributed by atoms with Crippen LogP contribution in [0.4, 0.5) is 5.82 Å². The van der Waals surface area contributed by atoms with Gasteiger partial charge in [-0.1, -0.05) is 50.2 Å². The van der Waals surface area contributed by atoms with E-state index in [0.717, 1.165) is 63.0 Å².